The van der Waals surface area contributed by atoms with Crippen LogP contribution >= 0.6 is 23.2 Å². The average molecular weight is 272 g/mol. The maximum absolute atomic E-state index is 6.35. The van der Waals surface area contributed by atoms with E-state index in [1.165, 1.54) is 25.7 Å². The quantitative estimate of drug-likeness (QED) is 0.820. The molecule has 1 saturated carbocycles. The molecular weight excluding hydrogens is 253 g/mol. The number of hydrogen-bond acceptors (Lipinski definition) is 1. The van der Waals surface area contributed by atoms with E-state index in [2.05, 4.69) is 6.92 Å². The predicted octanol–water partition coefficient (Wildman–Crippen LogP) is 4.82. The van der Waals surface area contributed by atoms with E-state index >= 15 is 0 Å². The molecule has 0 aromatic heterocycles. The van der Waals surface area contributed by atoms with Crippen LogP contribution < -0.4 is 5.73 Å². The van der Waals surface area contributed by atoms with Gasteiger partial charge in [0, 0.05) is 6.04 Å². The lowest BCUT2D eigenvalue weighted by Crippen LogP contribution is -2.26. The van der Waals surface area contributed by atoms with Crippen LogP contribution in [0.15, 0.2) is 18.2 Å². The Morgan fingerprint density at radius 3 is 2.65 bits per heavy atom. The molecular formula is C14H19Cl2N. The van der Waals surface area contributed by atoms with E-state index in [4.69, 9.17) is 28.9 Å². The van der Waals surface area contributed by atoms with E-state index in [-0.39, 0.29) is 6.04 Å². The van der Waals surface area contributed by atoms with Crippen LogP contribution in [0.5, 0.6) is 0 Å². The maximum Gasteiger partial charge on any atom is 0.0595 e. The molecule has 0 heterocycles. The second kappa shape index (κ2) is 5.60. The fourth-order valence-electron chi connectivity index (χ4n) is 2.80. The van der Waals surface area contributed by atoms with E-state index in [0.29, 0.717) is 16.0 Å². The molecule has 0 aliphatic heterocycles. The van der Waals surface area contributed by atoms with Gasteiger partial charge in [0.05, 0.1) is 10.0 Å². The molecule has 94 valence electrons. The molecule has 17 heavy (non-hydrogen) atoms. The van der Waals surface area contributed by atoms with Gasteiger partial charge < -0.3 is 5.73 Å². The van der Waals surface area contributed by atoms with Gasteiger partial charge in [-0.25, -0.2) is 0 Å². The van der Waals surface area contributed by atoms with E-state index in [1.807, 2.05) is 18.2 Å². The van der Waals surface area contributed by atoms with Crippen molar-refractivity contribution >= 4 is 23.2 Å². The van der Waals surface area contributed by atoms with Crippen molar-refractivity contribution in [1.82, 2.24) is 0 Å². The molecule has 2 rings (SSSR count). The summed E-state index contributed by atoms with van der Waals surface area (Å²) in [5, 5.41) is 1.20. The highest BCUT2D eigenvalue weighted by Gasteiger charge is 2.25. The summed E-state index contributed by atoms with van der Waals surface area (Å²) in [7, 11) is 0. The molecule has 1 aliphatic rings. The highest BCUT2D eigenvalue weighted by Crippen LogP contribution is 2.37. The number of nitrogens with two attached hydrogens (primary N) is 1. The second-order valence-corrected chi connectivity index (χ2v) is 6.05. The Bertz CT molecular complexity index is 392. The Morgan fingerprint density at radius 2 is 2.00 bits per heavy atom. The Balaban J connectivity index is 2.12. The summed E-state index contributed by atoms with van der Waals surface area (Å²) in [5.74, 6) is 1.37. The lowest BCUT2D eigenvalue weighted by molar-refractivity contribution is 0.248. The molecule has 1 fully saturated rings. The molecule has 0 spiro atoms. The number of rotatable bonds is 2. The first kappa shape index (κ1) is 13.2. The molecule has 0 saturated heterocycles. The largest absolute Gasteiger partial charge is 0.324 e. The summed E-state index contributed by atoms with van der Waals surface area (Å²) in [6.07, 6.45) is 5.08. The van der Waals surface area contributed by atoms with Crippen molar-refractivity contribution in [2.45, 2.75) is 38.6 Å². The van der Waals surface area contributed by atoms with Crippen LogP contribution in [0.1, 0.15) is 44.2 Å². The molecule has 0 radical (unpaired) electrons. The molecule has 1 aliphatic carbocycles. The predicted molar refractivity (Wildman–Crippen MR) is 74.5 cm³/mol. The van der Waals surface area contributed by atoms with Gasteiger partial charge in [0.2, 0.25) is 0 Å². The van der Waals surface area contributed by atoms with Crippen molar-refractivity contribution in [3.63, 3.8) is 0 Å². The lowest BCUT2D eigenvalue weighted by atomic mass is 9.77. The van der Waals surface area contributed by atoms with Gasteiger partial charge in [-0.2, -0.15) is 0 Å². The third-order valence-electron chi connectivity index (χ3n) is 3.81. The number of halogens is 2. The van der Waals surface area contributed by atoms with E-state index in [1.54, 1.807) is 0 Å². The van der Waals surface area contributed by atoms with Crippen LogP contribution in [0.25, 0.3) is 0 Å². The summed E-state index contributed by atoms with van der Waals surface area (Å²) < 4.78 is 0. The highest BCUT2D eigenvalue weighted by atomic mass is 35.5. The molecule has 1 aromatic rings. The Morgan fingerprint density at radius 1 is 1.24 bits per heavy atom. The minimum atomic E-state index is 0.0903. The smallest absolute Gasteiger partial charge is 0.0595 e. The summed E-state index contributed by atoms with van der Waals surface area (Å²) in [6, 6.07) is 5.84. The van der Waals surface area contributed by atoms with Gasteiger partial charge in [-0.3, -0.25) is 0 Å². The van der Waals surface area contributed by atoms with Crippen LogP contribution in [0.3, 0.4) is 0 Å². The summed E-state index contributed by atoms with van der Waals surface area (Å²) in [4.78, 5) is 0. The van der Waals surface area contributed by atoms with E-state index in [0.717, 1.165) is 11.5 Å². The molecule has 1 aromatic carbocycles. The van der Waals surface area contributed by atoms with Crippen molar-refractivity contribution < 1.29 is 0 Å². The minimum Gasteiger partial charge on any atom is -0.324 e. The zero-order valence-corrected chi connectivity index (χ0v) is 11.6. The monoisotopic (exact) mass is 271 g/mol. The Hall–Kier alpha value is -0.240. The van der Waals surface area contributed by atoms with Crippen LogP contribution in [0.4, 0.5) is 0 Å². The Labute approximate surface area is 113 Å². The summed E-state index contributed by atoms with van der Waals surface area (Å²) in [6.45, 7) is 2.31. The summed E-state index contributed by atoms with van der Waals surface area (Å²) >= 11 is 12.0. The normalized spacial score (nSPS) is 26.8. The molecule has 3 heteroatoms. The standard InChI is InChI=1S/C14H19Cl2N/c1-9-3-2-4-10(7-9)14(17)11-5-6-12(15)13(16)8-11/h5-6,8-10,14H,2-4,7,17H2,1H3. The zero-order valence-electron chi connectivity index (χ0n) is 10.1. The van der Waals surface area contributed by atoms with E-state index in [9.17, 15) is 0 Å². The van der Waals surface area contributed by atoms with Gasteiger partial charge >= 0.3 is 0 Å². The molecule has 0 amide bonds. The summed E-state index contributed by atoms with van der Waals surface area (Å²) in [5.41, 5.74) is 7.46. The van der Waals surface area contributed by atoms with Gasteiger partial charge in [-0.15, -0.1) is 0 Å². The lowest BCUT2D eigenvalue weighted by Gasteiger charge is -2.31. The van der Waals surface area contributed by atoms with Gasteiger partial charge in [0.25, 0.3) is 0 Å². The van der Waals surface area contributed by atoms with Crippen molar-refractivity contribution in [3.05, 3.63) is 33.8 Å². The first-order valence-corrected chi connectivity index (χ1v) is 7.04. The molecule has 3 unspecified atom stereocenters. The minimum absolute atomic E-state index is 0.0903. The van der Waals surface area contributed by atoms with E-state index < -0.39 is 0 Å². The first-order valence-electron chi connectivity index (χ1n) is 6.28. The third kappa shape index (κ3) is 3.15. The van der Waals surface area contributed by atoms with Crippen LogP contribution in [-0.2, 0) is 0 Å². The topological polar surface area (TPSA) is 26.0 Å². The second-order valence-electron chi connectivity index (χ2n) is 5.23. The molecule has 0 bridgehead atoms. The highest BCUT2D eigenvalue weighted by molar-refractivity contribution is 6.42. The molecule has 3 atom stereocenters. The van der Waals surface area contributed by atoms with Gasteiger partial charge in [-0.1, -0.05) is 49.0 Å². The molecule has 1 nitrogen and oxygen atoms in total. The SMILES string of the molecule is CC1CCCC(C(N)c2ccc(Cl)c(Cl)c2)C1. The van der Waals surface area contributed by atoms with Gasteiger partial charge in [0.15, 0.2) is 0 Å². The fraction of sp³-hybridized carbons (Fsp3) is 0.571. The first-order chi connectivity index (χ1) is 8.08. The van der Waals surface area contributed by atoms with Crippen LogP contribution in [0.2, 0.25) is 10.0 Å². The van der Waals surface area contributed by atoms with Crippen LogP contribution in [-0.4, -0.2) is 0 Å². The maximum atomic E-state index is 6.35. The fourth-order valence-corrected chi connectivity index (χ4v) is 3.11. The van der Waals surface area contributed by atoms with Gasteiger partial charge in [0.1, 0.15) is 0 Å². The zero-order chi connectivity index (χ0) is 12.4. The van der Waals surface area contributed by atoms with Crippen molar-refractivity contribution in [2.24, 2.45) is 17.6 Å². The van der Waals surface area contributed by atoms with Crippen LogP contribution in [0, 0.1) is 11.8 Å². The third-order valence-corrected chi connectivity index (χ3v) is 4.55. The number of benzene rings is 1. The van der Waals surface area contributed by atoms with Crippen molar-refractivity contribution in [3.8, 4) is 0 Å². The number of hydrogen-bond donors (Lipinski definition) is 1. The Kier molecular flexibility index (Phi) is 4.35. The van der Waals surface area contributed by atoms with Crippen molar-refractivity contribution in [2.75, 3.05) is 0 Å². The average Bonchev–Trinajstić information content (AvgIpc) is 2.32. The van der Waals surface area contributed by atoms with Crippen molar-refractivity contribution in [1.29, 1.82) is 0 Å². The molecule has 2 N–H and O–H groups in total. The van der Waals surface area contributed by atoms with Gasteiger partial charge in [-0.05, 0) is 42.4 Å².